The first-order valence-corrected chi connectivity index (χ1v) is 5.71. The summed E-state index contributed by atoms with van der Waals surface area (Å²) in [5.74, 6) is -0.432. The Hall–Kier alpha value is -2.30. The van der Waals surface area contributed by atoms with Crippen LogP contribution in [0.1, 0.15) is 18.5 Å². The van der Waals surface area contributed by atoms with Gasteiger partial charge in [-0.1, -0.05) is 30.3 Å². The highest BCUT2D eigenvalue weighted by atomic mass is 16.5. The van der Waals surface area contributed by atoms with Crippen molar-refractivity contribution in [2.45, 2.75) is 13.0 Å². The SMILES string of the molecule is CCOC(=O)C1=CNC(=O)NC1c1ccccc1. The summed E-state index contributed by atoms with van der Waals surface area (Å²) in [4.78, 5) is 23.2. The Morgan fingerprint density at radius 1 is 1.33 bits per heavy atom. The number of rotatable bonds is 3. The van der Waals surface area contributed by atoms with E-state index in [1.165, 1.54) is 6.20 Å². The lowest BCUT2D eigenvalue weighted by atomic mass is 9.98. The van der Waals surface area contributed by atoms with Gasteiger partial charge in [-0.3, -0.25) is 0 Å². The van der Waals surface area contributed by atoms with E-state index in [1.807, 2.05) is 30.3 Å². The fraction of sp³-hybridized carbons (Fsp3) is 0.231. The van der Waals surface area contributed by atoms with Crippen molar-refractivity contribution in [2.75, 3.05) is 6.61 Å². The molecular weight excluding hydrogens is 232 g/mol. The maximum atomic E-state index is 11.8. The van der Waals surface area contributed by atoms with Gasteiger partial charge in [-0.25, -0.2) is 9.59 Å². The first kappa shape index (κ1) is 12.2. The average molecular weight is 246 g/mol. The molecule has 0 radical (unpaired) electrons. The molecule has 1 aromatic rings. The first-order valence-electron chi connectivity index (χ1n) is 5.71. The van der Waals surface area contributed by atoms with Crippen LogP contribution in [0.5, 0.6) is 0 Å². The molecule has 0 bridgehead atoms. The van der Waals surface area contributed by atoms with Crippen LogP contribution in [-0.4, -0.2) is 18.6 Å². The highest BCUT2D eigenvalue weighted by Crippen LogP contribution is 2.24. The first-order chi connectivity index (χ1) is 8.72. The molecule has 0 aliphatic carbocycles. The second-order valence-corrected chi connectivity index (χ2v) is 3.78. The van der Waals surface area contributed by atoms with Crippen molar-refractivity contribution in [1.29, 1.82) is 0 Å². The molecule has 0 saturated heterocycles. The average Bonchev–Trinajstić information content (AvgIpc) is 2.40. The number of ether oxygens (including phenoxy) is 1. The topological polar surface area (TPSA) is 67.4 Å². The largest absolute Gasteiger partial charge is 0.463 e. The summed E-state index contributed by atoms with van der Waals surface area (Å²) in [5, 5.41) is 5.16. The van der Waals surface area contributed by atoms with Crippen LogP contribution in [0.4, 0.5) is 4.79 Å². The molecule has 94 valence electrons. The molecule has 2 rings (SSSR count). The van der Waals surface area contributed by atoms with Crippen molar-refractivity contribution in [3.05, 3.63) is 47.7 Å². The quantitative estimate of drug-likeness (QED) is 0.794. The minimum absolute atomic E-state index is 0.297. The summed E-state index contributed by atoms with van der Waals surface area (Å²) in [6.07, 6.45) is 1.40. The predicted molar refractivity (Wildman–Crippen MR) is 65.6 cm³/mol. The maximum Gasteiger partial charge on any atom is 0.337 e. The molecule has 1 atom stereocenters. The van der Waals surface area contributed by atoms with Gasteiger partial charge < -0.3 is 15.4 Å². The van der Waals surface area contributed by atoms with E-state index in [1.54, 1.807) is 6.92 Å². The number of hydrogen-bond acceptors (Lipinski definition) is 3. The molecule has 5 nitrogen and oxygen atoms in total. The van der Waals surface area contributed by atoms with Gasteiger partial charge in [0.2, 0.25) is 0 Å². The molecular formula is C13H14N2O3. The van der Waals surface area contributed by atoms with Crippen LogP contribution in [0.25, 0.3) is 0 Å². The molecule has 5 heteroatoms. The molecule has 1 aliphatic rings. The molecule has 0 saturated carbocycles. The number of amides is 2. The number of urea groups is 1. The normalized spacial score (nSPS) is 18.4. The zero-order valence-corrected chi connectivity index (χ0v) is 9.97. The summed E-state index contributed by atoms with van der Waals surface area (Å²) in [5.41, 5.74) is 1.23. The van der Waals surface area contributed by atoms with Crippen LogP contribution in [0.3, 0.4) is 0 Å². The lowest BCUT2D eigenvalue weighted by Crippen LogP contribution is -2.42. The second-order valence-electron chi connectivity index (χ2n) is 3.78. The van der Waals surface area contributed by atoms with Gasteiger partial charge in [0.15, 0.2) is 0 Å². The number of carbonyl (C=O) groups is 2. The van der Waals surface area contributed by atoms with Gasteiger partial charge in [0, 0.05) is 6.20 Å². The van der Waals surface area contributed by atoms with Crippen LogP contribution in [0, 0.1) is 0 Å². The number of hydrogen-bond donors (Lipinski definition) is 2. The fourth-order valence-corrected chi connectivity index (χ4v) is 1.78. The predicted octanol–water partition coefficient (Wildman–Crippen LogP) is 1.49. The Kier molecular flexibility index (Phi) is 3.62. The van der Waals surface area contributed by atoms with Gasteiger partial charge in [0.25, 0.3) is 0 Å². The third-order valence-electron chi connectivity index (χ3n) is 2.59. The van der Waals surface area contributed by atoms with Crippen molar-refractivity contribution in [3.8, 4) is 0 Å². The molecule has 1 unspecified atom stereocenters. The summed E-state index contributed by atoms with van der Waals surface area (Å²) in [6, 6.07) is 8.47. The van der Waals surface area contributed by atoms with E-state index >= 15 is 0 Å². The van der Waals surface area contributed by atoms with E-state index in [0.717, 1.165) is 5.56 Å². The van der Waals surface area contributed by atoms with Crippen molar-refractivity contribution in [1.82, 2.24) is 10.6 Å². The third kappa shape index (κ3) is 2.51. The molecule has 1 heterocycles. The molecule has 0 spiro atoms. The summed E-state index contributed by atoms with van der Waals surface area (Å²) in [7, 11) is 0. The van der Waals surface area contributed by atoms with Gasteiger partial charge in [0.05, 0.1) is 18.2 Å². The maximum absolute atomic E-state index is 11.8. The Bertz CT molecular complexity index is 482. The standard InChI is InChI=1S/C13H14N2O3/c1-2-18-12(16)10-8-14-13(17)15-11(10)9-6-4-3-5-7-9/h3-8,11H,2H2,1H3,(H2,14,15,17). The smallest absolute Gasteiger partial charge is 0.337 e. The second kappa shape index (κ2) is 5.35. The highest BCUT2D eigenvalue weighted by molar-refractivity contribution is 5.93. The summed E-state index contributed by atoms with van der Waals surface area (Å²) in [6.45, 7) is 2.04. The Morgan fingerprint density at radius 2 is 2.06 bits per heavy atom. The van der Waals surface area contributed by atoms with E-state index in [-0.39, 0.29) is 6.03 Å². The monoisotopic (exact) mass is 246 g/mol. The van der Waals surface area contributed by atoms with E-state index in [0.29, 0.717) is 12.2 Å². The zero-order valence-electron chi connectivity index (χ0n) is 9.97. The van der Waals surface area contributed by atoms with E-state index < -0.39 is 12.0 Å². The number of esters is 1. The van der Waals surface area contributed by atoms with Crippen LogP contribution in [0.15, 0.2) is 42.1 Å². The van der Waals surface area contributed by atoms with Gasteiger partial charge in [-0.05, 0) is 12.5 Å². The van der Waals surface area contributed by atoms with Gasteiger partial charge in [0.1, 0.15) is 0 Å². The van der Waals surface area contributed by atoms with Gasteiger partial charge >= 0.3 is 12.0 Å². The minimum atomic E-state index is -0.473. The van der Waals surface area contributed by atoms with Crippen LogP contribution < -0.4 is 10.6 Å². The lowest BCUT2D eigenvalue weighted by molar-refractivity contribution is -0.139. The van der Waals surface area contributed by atoms with Gasteiger partial charge in [-0.15, -0.1) is 0 Å². The minimum Gasteiger partial charge on any atom is -0.463 e. The third-order valence-corrected chi connectivity index (χ3v) is 2.59. The highest BCUT2D eigenvalue weighted by Gasteiger charge is 2.28. The molecule has 18 heavy (non-hydrogen) atoms. The van der Waals surface area contributed by atoms with Crippen LogP contribution >= 0.6 is 0 Å². The molecule has 1 aliphatic heterocycles. The van der Waals surface area contributed by atoms with Crippen molar-refractivity contribution >= 4 is 12.0 Å². The van der Waals surface area contributed by atoms with E-state index in [4.69, 9.17) is 4.74 Å². The molecule has 1 aromatic carbocycles. The number of benzene rings is 1. The Balaban J connectivity index is 2.30. The number of carbonyl (C=O) groups excluding carboxylic acids is 2. The molecule has 0 fully saturated rings. The van der Waals surface area contributed by atoms with Crippen molar-refractivity contribution in [2.24, 2.45) is 0 Å². The number of nitrogens with one attached hydrogen (secondary N) is 2. The van der Waals surface area contributed by atoms with Crippen LogP contribution in [0.2, 0.25) is 0 Å². The van der Waals surface area contributed by atoms with Crippen LogP contribution in [-0.2, 0) is 9.53 Å². The summed E-state index contributed by atoms with van der Waals surface area (Å²) >= 11 is 0. The molecule has 2 amide bonds. The lowest BCUT2D eigenvalue weighted by Gasteiger charge is -2.24. The van der Waals surface area contributed by atoms with Crippen molar-refractivity contribution in [3.63, 3.8) is 0 Å². The van der Waals surface area contributed by atoms with Gasteiger partial charge in [-0.2, -0.15) is 0 Å². The molecule has 2 N–H and O–H groups in total. The fourth-order valence-electron chi connectivity index (χ4n) is 1.78. The summed E-state index contributed by atoms with van der Waals surface area (Å²) < 4.78 is 4.97. The molecule has 0 aromatic heterocycles. The van der Waals surface area contributed by atoms with E-state index in [2.05, 4.69) is 10.6 Å². The zero-order chi connectivity index (χ0) is 13.0. The van der Waals surface area contributed by atoms with Crippen molar-refractivity contribution < 1.29 is 14.3 Å². The Morgan fingerprint density at radius 3 is 2.72 bits per heavy atom. The Labute approximate surface area is 105 Å². The van der Waals surface area contributed by atoms with E-state index in [9.17, 15) is 9.59 Å².